The lowest BCUT2D eigenvalue weighted by Gasteiger charge is -2.19. The van der Waals surface area contributed by atoms with Gasteiger partial charge in [-0.3, -0.25) is 4.79 Å². The van der Waals surface area contributed by atoms with Crippen LogP contribution in [0.3, 0.4) is 0 Å². The third-order valence-corrected chi connectivity index (χ3v) is 5.57. The second-order valence-corrected chi connectivity index (χ2v) is 8.23. The third kappa shape index (κ3) is 5.73. The highest BCUT2D eigenvalue weighted by molar-refractivity contribution is 7.99. The van der Waals surface area contributed by atoms with Crippen LogP contribution in [0.15, 0.2) is 53.7 Å². The van der Waals surface area contributed by atoms with Crippen LogP contribution in [-0.4, -0.2) is 40.6 Å². The standard InChI is InChI=1S/C23H28N4O4S/c1-15(2)27-22(16(3)31-20-12-7-6-11-19(20)30-5)25-26-23(27)32-14-21(28)24-17-9-8-10-18(13-17)29-4/h6-13,15-16H,14H2,1-5H3,(H,24,28). The van der Waals surface area contributed by atoms with Gasteiger partial charge in [0.1, 0.15) is 5.75 Å². The van der Waals surface area contributed by atoms with Crippen LogP contribution in [-0.2, 0) is 4.79 Å². The third-order valence-electron chi connectivity index (χ3n) is 4.63. The molecule has 0 radical (unpaired) electrons. The SMILES string of the molecule is COc1cccc(NC(=O)CSc2nnc(C(C)Oc3ccccc3OC)n2C(C)C)c1. The highest BCUT2D eigenvalue weighted by Crippen LogP contribution is 2.32. The Bertz CT molecular complexity index is 1050. The number of aromatic nitrogens is 3. The predicted molar refractivity (Wildman–Crippen MR) is 125 cm³/mol. The number of carbonyl (C=O) groups is 1. The molecule has 1 aromatic heterocycles. The lowest BCUT2D eigenvalue weighted by atomic mass is 10.3. The molecular weight excluding hydrogens is 428 g/mol. The van der Waals surface area contributed by atoms with Gasteiger partial charge in [-0.2, -0.15) is 0 Å². The van der Waals surface area contributed by atoms with Crippen LogP contribution in [0, 0.1) is 0 Å². The summed E-state index contributed by atoms with van der Waals surface area (Å²) < 4.78 is 18.7. The number of hydrogen-bond donors (Lipinski definition) is 1. The minimum absolute atomic E-state index is 0.0904. The van der Waals surface area contributed by atoms with Crippen molar-refractivity contribution in [3.05, 3.63) is 54.4 Å². The summed E-state index contributed by atoms with van der Waals surface area (Å²) >= 11 is 1.33. The Balaban J connectivity index is 1.69. The van der Waals surface area contributed by atoms with Gasteiger partial charge in [-0.15, -0.1) is 10.2 Å². The molecule has 0 aliphatic carbocycles. The predicted octanol–water partition coefficient (Wildman–Crippen LogP) is 4.75. The van der Waals surface area contributed by atoms with Crippen molar-refractivity contribution in [1.82, 2.24) is 14.8 Å². The largest absolute Gasteiger partial charge is 0.497 e. The Morgan fingerprint density at radius 2 is 1.78 bits per heavy atom. The molecule has 1 N–H and O–H groups in total. The molecule has 0 aliphatic heterocycles. The van der Waals surface area contributed by atoms with E-state index in [9.17, 15) is 4.79 Å². The second kappa shape index (κ2) is 10.9. The zero-order valence-corrected chi connectivity index (χ0v) is 19.7. The average Bonchev–Trinajstić information content (AvgIpc) is 3.23. The number of nitrogens with zero attached hydrogens (tertiary/aromatic N) is 3. The van der Waals surface area contributed by atoms with Gasteiger partial charge in [0.25, 0.3) is 0 Å². The summed E-state index contributed by atoms with van der Waals surface area (Å²) in [5.74, 6) is 2.71. The fourth-order valence-electron chi connectivity index (χ4n) is 3.14. The van der Waals surface area contributed by atoms with Gasteiger partial charge in [0.15, 0.2) is 28.6 Å². The van der Waals surface area contributed by atoms with Crippen molar-refractivity contribution in [2.45, 2.75) is 38.1 Å². The molecule has 8 nitrogen and oxygen atoms in total. The van der Waals surface area contributed by atoms with E-state index < -0.39 is 0 Å². The molecule has 2 aromatic carbocycles. The van der Waals surface area contributed by atoms with Crippen LogP contribution >= 0.6 is 11.8 Å². The van der Waals surface area contributed by atoms with Gasteiger partial charge < -0.3 is 24.1 Å². The minimum atomic E-state index is -0.360. The first kappa shape index (κ1) is 23.5. The molecule has 1 unspecified atom stereocenters. The van der Waals surface area contributed by atoms with Gasteiger partial charge in [-0.25, -0.2) is 0 Å². The fourth-order valence-corrected chi connectivity index (χ4v) is 4.01. The maximum atomic E-state index is 12.5. The van der Waals surface area contributed by atoms with Crippen LogP contribution in [0.4, 0.5) is 5.69 Å². The molecule has 170 valence electrons. The monoisotopic (exact) mass is 456 g/mol. The van der Waals surface area contributed by atoms with Gasteiger partial charge in [0.05, 0.1) is 20.0 Å². The van der Waals surface area contributed by atoms with Gasteiger partial charge in [-0.1, -0.05) is 30.0 Å². The number of nitrogens with one attached hydrogen (secondary N) is 1. The molecule has 9 heteroatoms. The van der Waals surface area contributed by atoms with E-state index in [1.807, 2.05) is 67.8 Å². The number of ether oxygens (including phenoxy) is 3. The molecule has 32 heavy (non-hydrogen) atoms. The number of rotatable bonds is 10. The Hall–Kier alpha value is -3.20. The molecule has 1 atom stereocenters. The summed E-state index contributed by atoms with van der Waals surface area (Å²) in [7, 11) is 3.19. The molecule has 1 amide bonds. The topological polar surface area (TPSA) is 87.5 Å². The first-order valence-corrected chi connectivity index (χ1v) is 11.2. The molecule has 1 heterocycles. The number of hydrogen-bond acceptors (Lipinski definition) is 7. The van der Waals surface area contributed by atoms with Crippen molar-refractivity contribution in [2.75, 3.05) is 25.3 Å². The Labute approximate surface area is 192 Å². The number of amides is 1. The number of para-hydroxylation sites is 2. The van der Waals surface area contributed by atoms with Gasteiger partial charge in [0.2, 0.25) is 5.91 Å². The lowest BCUT2D eigenvalue weighted by molar-refractivity contribution is -0.113. The van der Waals surface area contributed by atoms with E-state index in [4.69, 9.17) is 14.2 Å². The fraction of sp³-hybridized carbons (Fsp3) is 0.348. The van der Waals surface area contributed by atoms with E-state index in [1.54, 1.807) is 20.3 Å². The van der Waals surface area contributed by atoms with Crippen LogP contribution in [0.5, 0.6) is 17.2 Å². The Kier molecular flexibility index (Phi) is 7.99. The summed E-state index contributed by atoms with van der Waals surface area (Å²) in [6, 6.07) is 14.8. The van der Waals surface area contributed by atoms with E-state index in [0.29, 0.717) is 33.9 Å². The molecule has 0 bridgehead atoms. The average molecular weight is 457 g/mol. The summed E-state index contributed by atoms with van der Waals surface area (Å²) in [6.45, 7) is 6.01. The number of anilines is 1. The summed E-state index contributed by atoms with van der Waals surface area (Å²) in [6.07, 6.45) is -0.360. The van der Waals surface area contributed by atoms with Gasteiger partial charge >= 0.3 is 0 Å². The lowest BCUT2D eigenvalue weighted by Crippen LogP contribution is -2.16. The van der Waals surface area contributed by atoms with Gasteiger partial charge in [-0.05, 0) is 45.0 Å². The normalized spacial score (nSPS) is 11.8. The van der Waals surface area contributed by atoms with Crippen LogP contribution in [0.1, 0.15) is 38.7 Å². The zero-order valence-electron chi connectivity index (χ0n) is 18.9. The molecule has 3 rings (SSSR count). The summed E-state index contributed by atoms with van der Waals surface area (Å²) in [5, 5.41) is 12.2. The molecule has 0 saturated heterocycles. The zero-order chi connectivity index (χ0) is 23.1. The summed E-state index contributed by atoms with van der Waals surface area (Å²) in [5.41, 5.74) is 0.680. The van der Waals surface area contributed by atoms with Crippen LogP contribution in [0.2, 0.25) is 0 Å². The highest BCUT2D eigenvalue weighted by atomic mass is 32.2. The van der Waals surface area contributed by atoms with Crippen molar-refractivity contribution in [3.8, 4) is 17.2 Å². The van der Waals surface area contributed by atoms with E-state index in [-0.39, 0.29) is 23.8 Å². The van der Waals surface area contributed by atoms with Crippen molar-refractivity contribution in [3.63, 3.8) is 0 Å². The molecular formula is C23H28N4O4S. The highest BCUT2D eigenvalue weighted by Gasteiger charge is 2.23. The number of methoxy groups -OCH3 is 2. The first-order valence-electron chi connectivity index (χ1n) is 10.2. The number of benzene rings is 2. The second-order valence-electron chi connectivity index (χ2n) is 7.28. The van der Waals surface area contributed by atoms with E-state index in [2.05, 4.69) is 15.5 Å². The maximum Gasteiger partial charge on any atom is 0.234 e. The van der Waals surface area contributed by atoms with Gasteiger partial charge in [0, 0.05) is 17.8 Å². The van der Waals surface area contributed by atoms with Crippen molar-refractivity contribution < 1.29 is 19.0 Å². The van der Waals surface area contributed by atoms with E-state index in [0.717, 1.165) is 0 Å². The van der Waals surface area contributed by atoms with Crippen LogP contribution in [0.25, 0.3) is 0 Å². The number of carbonyl (C=O) groups excluding carboxylic acids is 1. The molecule has 0 fully saturated rings. The first-order chi connectivity index (χ1) is 15.4. The van der Waals surface area contributed by atoms with Crippen molar-refractivity contribution >= 4 is 23.4 Å². The van der Waals surface area contributed by atoms with E-state index in [1.165, 1.54) is 11.8 Å². The van der Waals surface area contributed by atoms with Crippen LogP contribution < -0.4 is 19.5 Å². The molecule has 0 aliphatic rings. The maximum absolute atomic E-state index is 12.5. The molecule has 0 saturated carbocycles. The summed E-state index contributed by atoms with van der Waals surface area (Å²) in [4.78, 5) is 12.5. The van der Waals surface area contributed by atoms with Crippen molar-refractivity contribution in [1.29, 1.82) is 0 Å². The number of thioether (sulfide) groups is 1. The van der Waals surface area contributed by atoms with Crippen molar-refractivity contribution in [2.24, 2.45) is 0 Å². The molecule has 0 spiro atoms. The van der Waals surface area contributed by atoms with E-state index >= 15 is 0 Å². The smallest absolute Gasteiger partial charge is 0.234 e. The molecule has 3 aromatic rings. The minimum Gasteiger partial charge on any atom is -0.497 e. The Morgan fingerprint density at radius 1 is 1.03 bits per heavy atom. The Morgan fingerprint density at radius 3 is 2.47 bits per heavy atom. The quantitative estimate of drug-likeness (QED) is 0.441.